The number of carbonyl (C=O) groups is 1. The van der Waals surface area contributed by atoms with E-state index in [1.165, 1.54) is 6.42 Å². The normalized spacial score (nSPS) is 24.2. The van der Waals surface area contributed by atoms with E-state index in [9.17, 15) is 9.59 Å². The van der Waals surface area contributed by atoms with Crippen LogP contribution in [0.5, 0.6) is 6.01 Å². The van der Waals surface area contributed by atoms with E-state index in [0.29, 0.717) is 41.7 Å². The second-order valence-electron chi connectivity index (χ2n) is 10.1. The van der Waals surface area contributed by atoms with Crippen molar-refractivity contribution in [2.75, 3.05) is 6.61 Å². The van der Waals surface area contributed by atoms with Crippen LogP contribution in [-0.4, -0.2) is 32.1 Å². The summed E-state index contributed by atoms with van der Waals surface area (Å²) < 4.78 is 12.7. The monoisotopic (exact) mass is 474 g/mol. The molecule has 35 heavy (non-hydrogen) atoms. The highest BCUT2D eigenvalue weighted by atomic mass is 16.5. The number of rotatable bonds is 8. The molecule has 2 saturated carbocycles. The average Bonchev–Trinajstić information content (AvgIpc) is 3.49. The van der Waals surface area contributed by atoms with Gasteiger partial charge < -0.3 is 14.5 Å². The summed E-state index contributed by atoms with van der Waals surface area (Å²) in [4.78, 5) is 38.4. The van der Waals surface area contributed by atoms with Gasteiger partial charge in [0.15, 0.2) is 11.2 Å². The first-order chi connectivity index (χ1) is 17.0. The van der Waals surface area contributed by atoms with Gasteiger partial charge in [0, 0.05) is 12.0 Å². The lowest BCUT2D eigenvalue weighted by Gasteiger charge is -2.34. The molecule has 2 aromatic heterocycles. The van der Waals surface area contributed by atoms with E-state index in [2.05, 4.69) is 16.0 Å². The largest absolute Gasteiger partial charge is 0.462 e. The number of H-pyrrole nitrogens is 1. The second-order valence-corrected chi connectivity index (χ2v) is 10.1. The second kappa shape index (κ2) is 8.36. The lowest BCUT2D eigenvalue weighted by atomic mass is 9.70. The molecule has 4 aliphatic carbocycles. The Morgan fingerprint density at radius 3 is 2.91 bits per heavy atom. The maximum Gasteiger partial charge on any atom is 0.338 e. The van der Waals surface area contributed by atoms with Gasteiger partial charge in [-0.05, 0) is 68.6 Å². The highest BCUT2D eigenvalue weighted by Gasteiger charge is 2.53. The minimum Gasteiger partial charge on any atom is -0.462 e. The van der Waals surface area contributed by atoms with E-state index in [4.69, 9.17) is 14.5 Å². The summed E-state index contributed by atoms with van der Waals surface area (Å²) in [6.45, 7) is 4.78. The standard InChI is InChI=1S/C27H30N4O4/c1-3-8-31-23(32)21-22(29-25(28-21)27-12-17-10-19(13-27)20(11-17)14-27)30-26(31)35-15-16-6-5-7-18(9-16)24(33)34-4-2/h5-7,9-10,17,20H,3-4,8,11-15H2,1-2H3,(H,28,29). The molecule has 8 heteroatoms. The fourth-order valence-electron chi connectivity index (χ4n) is 6.35. The maximum atomic E-state index is 13.4. The van der Waals surface area contributed by atoms with Crippen LogP contribution < -0.4 is 10.3 Å². The number of nitrogens with zero attached hydrogens (tertiary/aromatic N) is 3. The van der Waals surface area contributed by atoms with E-state index < -0.39 is 0 Å². The number of nitrogens with one attached hydrogen (secondary N) is 1. The molecule has 3 unspecified atom stereocenters. The summed E-state index contributed by atoms with van der Waals surface area (Å²) in [5.74, 6) is 1.85. The van der Waals surface area contributed by atoms with Crippen molar-refractivity contribution in [3.05, 3.63) is 63.2 Å². The van der Waals surface area contributed by atoms with Gasteiger partial charge in [0.2, 0.25) is 0 Å². The first-order valence-corrected chi connectivity index (χ1v) is 12.6. The van der Waals surface area contributed by atoms with Crippen LogP contribution >= 0.6 is 0 Å². The molecule has 4 aliphatic rings. The van der Waals surface area contributed by atoms with Gasteiger partial charge in [-0.1, -0.05) is 30.7 Å². The Morgan fingerprint density at radius 2 is 2.14 bits per heavy atom. The number of benzene rings is 1. The quantitative estimate of drug-likeness (QED) is 0.386. The van der Waals surface area contributed by atoms with Crippen LogP contribution in [0.25, 0.3) is 11.2 Å². The van der Waals surface area contributed by atoms with Gasteiger partial charge in [-0.2, -0.15) is 4.98 Å². The SMILES string of the molecule is CCCn1c(OCc2cccc(C(=O)OCC)c2)nc2nc(C34CC5=CC(CC5C3)C4)[nH]c2c1=O. The molecule has 1 aromatic carbocycles. The topological polar surface area (TPSA) is 99.1 Å². The van der Waals surface area contributed by atoms with E-state index in [1.54, 1.807) is 35.3 Å². The van der Waals surface area contributed by atoms with Crippen molar-refractivity contribution in [3.63, 3.8) is 0 Å². The average molecular weight is 475 g/mol. The summed E-state index contributed by atoms with van der Waals surface area (Å²) in [7, 11) is 0. The number of ether oxygens (including phenoxy) is 2. The van der Waals surface area contributed by atoms with Crippen LogP contribution in [-0.2, 0) is 23.3 Å². The molecule has 182 valence electrons. The third-order valence-corrected chi connectivity index (χ3v) is 7.73. The number of hydrogen-bond donors (Lipinski definition) is 1. The highest BCUT2D eigenvalue weighted by molar-refractivity contribution is 5.89. The molecule has 0 saturated heterocycles. The highest BCUT2D eigenvalue weighted by Crippen LogP contribution is 2.61. The molecular weight excluding hydrogens is 444 g/mol. The van der Waals surface area contributed by atoms with Gasteiger partial charge in [-0.25, -0.2) is 9.78 Å². The van der Waals surface area contributed by atoms with Gasteiger partial charge >= 0.3 is 12.0 Å². The number of aromatic amines is 1. The summed E-state index contributed by atoms with van der Waals surface area (Å²) in [6.07, 6.45) is 7.75. The predicted octanol–water partition coefficient (Wildman–Crippen LogP) is 4.28. The Balaban J connectivity index is 1.31. The Labute approximate surface area is 203 Å². The predicted molar refractivity (Wildman–Crippen MR) is 130 cm³/mol. The van der Waals surface area contributed by atoms with Crippen LogP contribution in [0.15, 0.2) is 40.7 Å². The summed E-state index contributed by atoms with van der Waals surface area (Å²) >= 11 is 0. The molecule has 0 aliphatic heterocycles. The molecule has 1 N–H and O–H groups in total. The summed E-state index contributed by atoms with van der Waals surface area (Å²) in [6, 6.07) is 7.36. The maximum absolute atomic E-state index is 13.4. The first kappa shape index (κ1) is 22.1. The Bertz CT molecular complexity index is 1400. The molecule has 8 nitrogen and oxygen atoms in total. The van der Waals surface area contributed by atoms with Crippen molar-refractivity contribution in [1.82, 2.24) is 19.5 Å². The van der Waals surface area contributed by atoms with Crippen LogP contribution in [0.3, 0.4) is 0 Å². The molecule has 4 bridgehead atoms. The van der Waals surface area contributed by atoms with Crippen LogP contribution in [0.2, 0.25) is 0 Å². The number of hydrogen-bond acceptors (Lipinski definition) is 6. The molecule has 0 amide bonds. The Morgan fingerprint density at radius 1 is 1.26 bits per heavy atom. The third kappa shape index (κ3) is 3.66. The zero-order chi connectivity index (χ0) is 24.2. The zero-order valence-electron chi connectivity index (χ0n) is 20.2. The number of allylic oxidation sites excluding steroid dienone is 2. The van der Waals surface area contributed by atoms with E-state index in [-0.39, 0.29) is 29.6 Å². The molecule has 0 spiro atoms. The van der Waals surface area contributed by atoms with Crippen LogP contribution in [0, 0.1) is 11.8 Å². The molecule has 7 rings (SSSR count). The molecule has 2 heterocycles. The smallest absolute Gasteiger partial charge is 0.338 e. The summed E-state index contributed by atoms with van der Waals surface area (Å²) in [5, 5.41) is 0. The van der Waals surface area contributed by atoms with Gasteiger partial charge in [-0.15, -0.1) is 0 Å². The fraction of sp³-hybridized carbons (Fsp3) is 0.481. The first-order valence-electron chi connectivity index (χ1n) is 12.6. The van der Waals surface area contributed by atoms with Gasteiger partial charge in [0.25, 0.3) is 5.56 Å². The van der Waals surface area contributed by atoms with Gasteiger partial charge in [-0.3, -0.25) is 9.36 Å². The minimum atomic E-state index is -0.370. The van der Waals surface area contributed by atoms with Crippen molar-refractivity contribution >= 4 is 17.1 Å². The molecule has 3 aromatic rings. The molecule has 0 radical (unpaired) electrons. The van der Waals surface area contributed by atoms with Crippen molar-refractivity contribution in [3.8, 4) is 6.01 Å². The van der Waals surface area contributed by atoms with Crippen LogP contribution in [0.1, 0.15) is 67.7 Å². The van der Waals surface area contributed by atoms with E-state index >= 15 is 0 Å². The van der Waals surface area contributed by atoms with Gasteiger partial charge in [0.05, 0.1) is 12.2 Å². The number of carbonyl (C=O) groups excluding carboxylic acids is 1. The lowest BCUT2D eigenvalue weighted by Crippen LogP contribution is -2.31. The third-order valence-electron chi connectivity index (χ3n) is 7.73. The van der Waals surface area contributed by atoms with E-state index in [0.717, 1.165) is 37.1 Å². The molecule has 3 atom stereocenters. The Hall–Kier alpha value is -3.42. The van der Waals surface area contributed by atoms with Crippen LogP contribution in [0.4, 0.5) is 0 Å². The molecule has 2 fully saturated rings. The number of imidazole rings is 1. The van der Waals surface area contributed by atoms with Gasteiger partial charge in [0.1, 0.15) is 12.4 Å². The van der Waals surface area contributed by atoms with Crippen molar-refractivity contribution in [2.45, 2.75) is 64.5 Å². The van der Waals surface area contributed by atoms with Crippen molar-refractivity contribution < 1.29 is 14.3 Å². The minimum absolute atomic E-state index is 0.00888. The zero-order valence-corrected chi connectivity index (χ0v) is 20.2. The molecular formula is C27H30N4O4. The number of esters is 1. The lowest BCUT2D eigenvalue weighted by molar-refractivity contribution is 0.0526. The van der Waals surface area contributed by atoms with E-state index in [1.807, 2.05) is 13.0 Å². The van der Waals surface area contributed by atoms with Crippen molar-refractivity contribution in [1.29, 1.82) is 0 Å². The fourth-order valence-corrected chi connectivity index (χ4v) is 6.35. The Kier molecular flexibility index (Phi) is 5.27. The summed E-state index contributed by atoms with van der Waals surface area (Å²) in [5.41, 5.74) is 3.56. The number of fused-ring (bicyclic) bond motifs is 1. The van der Waals surface area contributed by atoms with Crippen molar-refractivity contribution in [2.24, 2.45) is 11.8 Å². The number of aromatic nitrogens is 4.